The Morgan fingerprint density at radius 1 is 0.943 bits per heavy atom. The molecule has 7 heteroatoms. The van der Waals surface area contributed by atoms with E-state index in [1.807, 2.05) is 40.1 Å². The molecule has 3 heterocycles. The number of para-hydroxylation sites is 1. The predicted molar refractivity (Wildman–Crippen MR) is 133 cm³/mol. The van der Waals surface area contributed by atoms with Crippen molar-refractivity contribution in [3.63, 3.8) is 0 Å². The van der Waals surface area contributed by atoms with E-state index in [9.17, 15) is 9.59 Å². The zero-order valence-corrected chi connectivity index (χ0v) is 20.3. The molecule has 182 valence electrons. The molecule has 35 heavy (non-hydrogen) atoms. The number of H-pyrrole nitrogens is 1. The molecule has 0 bridgehead atoms. The minimum Gasteiger partial charge on any atom is -0.493 e. The number of methoxy groups -OCH3 is 2. The summed E-state index contributed by atoms with van der Waals surface area (Å²) in [4.78, 5) is 35.0. The number of ether oxygens (including phenoxy) is 2. The number of amides is 2. The first kappa shape index (κ1) is 22.0. The van der Waals surface area contributed by atoms with Gasteiger partial charge in [-0.25, -0.2) is 0 Å². The van der Waals surface area contributed by atoms with Crippen LogP contribution in [0, 0.1) is 0 Å². The molecule has 1 aliphatic carbocycles. The molecule has 2 fully saturated rings. The molecule has 2 amide bonds. The van der Waals surface area contributed by atoms with Crippen LogP contribution in [0.4, 0.5) is 0 Å². The summed E-state index contributed by atoms with van der Waals surface area (Å²) in [5.74, 6) is 1.32. The largest absolute Gasteiger partial charge is 0.493 e. The number of aromatic nitrogens is 1. The van der Waals surface area contributed by atoms with Crippen molar-refractivity contribution in [1.29, 1.82) is 0 Å². The molecule has 1 saturated carbocycles. The number of hydrogen-bond acceptors (Lipinski definition) is 4. The lowest BCUT2D eigenvalue weighted by atomic mass is 9.85. The summed E-state index contributed by atoms with van der Waals surface area (Å²) in [6, 6.07) is 13.2. The third-order valence-electron chi connectivity index (χ3n) is 8.03. The fourth-order valence-electron chi connectivity index (χ4n) is 6.36. The van der Waals surface area contributed by atoms with E-state index in [0.29, 0.717) is 17.9 Å². The summed E-state index contributed by atoms with van der Waals surface area (Å²) < 4.78 is 11.0. The van der Waals surface area contributed by atoms with Crippen molar-refractivity contribution in [3.05, 3.63) is 59.3 Å². The number of aromatic amines is 1. The van der Waals surface area contributed by atoms with Gasteiger partial charge in [-0.3, -0.25) is 9.59 Å². The molecule has 1 aromatic heterocycles. The van der Waals surface area contributed by atoms with E-state index in [1.165, 1.54) is 6.42 Å². The third kappa shape index (κ3) is 3.48. The Labute approximate surface area is 205 Å². The van der Waals surface area contributed by atoms with Crippen LogP contribution in [-0.2, 0) is 16.0 Å². The van der Waals surface area contributed by atoms with E-state index in [1.54, 1.807) is 14.2 Å². The predicted octanol–water partition coefficient (Wildman–Crippen LogP) is 4.20. The van der Waals surface area contributed by atoms with Gasteiger partial charge < -0.3 is 24.3 Å². The topological polar surface area (TPSA) is 74.9 Å². The molecular formula is C28H31N3O4. The average molecular weight is 474 g/mol. The first-order valence-corrected chi connectivity index (χ1v) is 12.5. The minimum absolute atomic E-state index is 0.00395. The number of rotatable bonds is 4. The van der Waals surface area contributed by atoms with Gasteiger partial charge in [0.05, 0.1) is 20.3 Å². The molecule has 7 nitrogen and oxygen atoms in total. The number of piperazine rings is 1. The van der Waals surface area contributed by atoms with Crippen molar-refractivity contribution in [2.45, 2.75) is 56.7 Å². The molecular weight excluding hydrogens is 442 g/mol. The molecule has 3 aliphatic rings. The summed E-state index contributed by atoms with van der Waals surface area (Å²) in [5.41, 5.74) is 4.01. The quantitative estimate of drug-likeness (QED) is 0.616. The van der Waals surface area contributed by atoms with Gasteiger partial charge in [0.1, 0.15) is 12.6 Å². The number of carbonyl (C=O) groups excluding carboxylic acids is 2. The number of benzene rings is 2. The highest BCUT2D eigenvalue weighted by atomic mass is 16.5. The first-order chi connectivity index (χ1) is 17.1. The molecule has 0 unspecified atom stereocenters. The Kier molecular flexibility index (Phi) is 5.43. The molecule has 0 radical (unpaired) electrons. The number of fused-ring (bicyclic) bond motifs is 4. The smallest absolute Gasteiger partial charge is 0.246 e. The summed E-state index contributed by atoms with van der Waals surface area (Å²) in [6.07, 6.45) is 5.96. The van der Waals surface area contributed by atoms with Crippen molar-refractivity contribution < 1.29 is 19.1 Å². The fraction of sp³-hybridized carbons (Fsp3) is 0.429. The van der Waals surface area contributed by atoms with Gasteiger partial charge in [0.2, 0.25) is 11.8 Å². The van der Waals surface area contributed by atoms with Gasteiger partial charge in [0, 0.05) is 29.1 Å². The zero-order chi connectivity index (χ0) is 24.1. The van der Waals surface area contributed by atoms with Crippen molar-refractivity contribution >= 4 is 22.7 Å². The van der Waals surface area contributed by atoms with Crippen LogP contribution in [0.15, 0.2) is 42.5 Å². The lowest BCUT2D eigenvalue weighted by Gasteiger charge is -2.49. The normalized spacial score (nSPS) is 22.8. The number of hydrogen-bond donors (Lipinski definition) is 1. The molecule has 1 N–H and O–H groups in total. The third-order valence-corrected chi connectivity index (χ3v) is 8.03. The van der Waals surface area contributed by atoms with Gasteiger partial charge in [-0.1, -0.05) is 43.5 Å². The van der Waals surface area contributed by atoms with E-state index in [4.69, 9.17) is 9.47 Å². The molecule has 2 atom stereocenters. The molecule has 6 rings (SSSR count). The second-order valence-electron chi connectivity index (χ2n) is 9.86. The van der Waals surface area contributed by atoms with E-state index in [2.05, 4.69) is 17.1 Å². The fourth-order valence-corrected chi connectivity index (χ4v) is 6.36. The Morgan fingerprint density at radius 3 is 2.49 bits per heavy atom. The Hall–Kier alpha value is -3.48. The number of carbonyl (C=O) groups is 2. The number of nitrogens with zero attached hydrogens (tertiary/aromatic N) is 2. The van der Waals surface area contributed by atoms with Crippen LogP contribution in [0.2, 0.25) is 0 Å². The Morgan fingerprint density at radius 2 is 1.71 bits per heavy atom. The zero-order valence-electron chi connectivity index (χ0n) is 20.3. The number of nitrogens with one attached hydrogen (secondary N) is 1. The van der Waals surface area contributed by atoms with Gasteiger partial charge in [-0.2, -0.15) is 0 Å². The van der Waals surface area contributed by atoms with Crippen LogP contribution in [0.25, 0.3) is 10.9 Å². The molecule has 0 spiro atoms. The second-order valence-corrected chi connectivity index (χ2v) is 9.86. The summed E-state index contributed by atoms with van der Waals surface area (Å²) in [6.45, 7) is 0.152. The highest BCUT2D eigenvalue weighted by molar-refractivity contribution is 5.98. The maximum absolute atomic E-state index is 13.9. The van der Waals surface area contributed by atoms with Gasteiger partial charge in [0.15, 0.2) is 11.5 Å². The van der Waals surface area contributed by atoms with E-state index in [-0.39, 0.29) is 24.4 Å². The van der Waals surface area contributed by atoms with Crippen molar-refractivity contribution in [3.8, 4) is 11.5 Å². The maximum Gasteiger partial charge on any atom is 0.246 e. The highest BCUT2D eigenvalue weighted by Gasteiger charge is 2.49. The Bertz CT molecular complexity index is 1290. The lowest BCUT2D eigenvalue weighted by Crippen LogP contribution is -2.65. The minimum atomic E-state index is -0.511. The average Bonchev–Trinajstić information content (AvgIpc) is 3.28. The molecule has 2 aliphatic heterocycles. The van der Waals surface area contributed by atoms with Crippen LogP contribution < -0.4 is 9.47 Å². The summed E-state index contributed by atoms with van der Waals surface area (Å²) in [5, 5.41) is 1.11. The van der Waals surface area contributed by atoms with Crippen LogP contribution in [0.5, 0.6) is 11.5 Å². The van der Waals surface area contributed by atoms with Gasteiger partial charge in [-0.05, 0) is 42.2 Å². The maximum atomic E-state index is 13.9. The second kappa shape index (κ2) is 8.63. The van der Waals surface area contributed by atoms with E-state index >= 15 is 0 Å². The van der Waals surface area contributed by atoms with Crippen molar-refractivity contribution in [2.75, 3.05) is 20.8 Å². The highest BCUT2D eigenvalue weighted by Crippen LogP contribution is 2.44. The molecule has 2 aromatic carbocycles. The summed E-state index contributed by atoms with van der Waals surface area (Å²) >= 11 is 0. The van der Waals surface area contributed by atoms with E-state index in [0.717, 1.165) is 53.4 Å². The van der Waals surface area contributed by atoms with Gasteiger partial charge in [-0.15, -0.1) is 0 Å². The molecule has 3 aromatic rings. The van der Waals surface area contributed by atoms with Crippen molar-refractivity contribution in [2.24, 2.45) is 0 Å². The lowest BCUT2D eigenvalue weighted by molar-refractivity contribution is -0.161. The van der Waals surface area contributed by atoms with Gasteiger partial charge in [0.25, 0.3) is 0 Å². The first-order valence-electron chi connectivity index (χ1n) is 12.5. The van der Waals surface area contributed by atoms with Crippen LogP contribution in [0.3, 0.4) is 0 Å². The summed E-state index contributed by atoms with van der Waals surface area (Å²) in [7, 11) is 3.22. The van der Waals surface area contributed by atoms with Gasteiger partial charge >= 0.3 is 0 Å². The van der Waals surface area contributed by atoms with Crippen LogP contribution in [0.1, 0.15) is 55.0 Å². The Balaban J connectivity index is 1.49. The monoisotopic (exact) mass is 473 g/mol. The van der Waals surface area contributed by atoms with Crippen LogP contribution >= 0.6 is 0 Å². The van der Waals surface area contributed by atoms with Crippen LogP contribution in [-0.4, -0.2) is 59.4 Å². The molecule has 1 saturated heterocycles. The van der Waals surface area contributed by atoms with E-state index < -0.39 is 12.1 Å². The van der Waals surface area contributed by atoms with Crippen molar-refractivity contribution in [1.82, 2.24) is 14.8 Å². The SMILES string of the molecule is COc1ccc([C@H]2c3[nH]c4ccccc4c3C[C@H]3C(=O)N(C4CCCCC4)CC(=O)N23)cc1OC. The standard InChI is InChI=1S/C28H31N3O4/c1-34-23-13-12-17(14-24(23)35-2)27-26-20(19-10-6-7-11-21(19)29-26)15-22-28(33)30(16-25(32)31(22)27)18-8-4-3-5-9-18/h6-7,10-14,18,22,27,29H,3-5,8-9,15-16H2,1-2H3/t22-,27-/m0/s1.